The summed E-state index contributed by atoms with van der Waals surface area (Å²) in [5.74, 6) is 0.106. The van der Waals surface area contributed by atoms with Gasteiger partial charge in [-0.1, -0.05) is 32.4 Å². The highest BCUT2D eigenvalue weighted by Crippen LogP contribution is 2.51. The van der Waals surface area contributed by atoms with E-state index in [0.717, 1.165) is 25.7 Å². The number of halogens is 1. The molecule has 4 heteroatoms. The Balaban J connectivity index is 2.07. The van der Waals surface area contributed by atoms with E-state index in [-0.39, 0.29) is 17.1 Å². The van der Waals surface area contributed by atoms with Crippen molar-refractivity contribution in [3.05, 3.63) is 35.6 Å². The Morgan fingerprint density at radius 2 is 2.30 bits per heavy atom. The number of nitrogens with one attached hydrogen (secondary N) is 1. The van der Waals surface area contributed by atoms with E-state index in [1.165, 1.54) is 12.1 Å². The summed E-state index contributed by atoms with van der Waals surface area (Å²) in [7, 11) is 0. The minimum atomic E-state index is -0.653. The predicted molar refractivity (Wildman–Crippen MR) is 77.2 cm³/mol. The Kier molecular flexibility index (Phi) is 4.43. The van der Waals surface area contributed by atoms with Crippen LogP contribution in [0.5, 0.6) is 0 Å². The molecule has 3 atom stereocenters. The zero-order chi connectivity index (χ0) is 14.8. The Morgan fingerprint density at radius 3 is 2.80 bits per heavy atom. The zero-order valence-corrected chi connectivity index (χ0v) is 12.2. The summed E-state index contributed by atoms with van der Waals surface area (Å²) in [5, 5.41) is 2.85. The van der Waals surface area contributed by atoms with Gasteiger partial charge in [0.25, 0.3) is 0 Å². The van der Waals surface area contributed by atoms with Crippen LogP contribution in [0.15, 0.2) is 24.3 Å². The fourth-order valence-electron chi connectivity index (χ4n) is 3.29. The van der Waals surface area contributed by atoms with E-state index >= 15 is 0 Å². The lowest BCUT2D eigenvalue weighted by molar-refractivity contribution is -0.143. The van der Waals surface area contributed by atoms with Crippen LogP contribution in [0.2, 0.25) is 0 Å². The number of carbonyl (C=O) groups is 1. The van der Waals surface area contributed by atoms with Gasteiger partial charge >= 0.3 is 0 Å². The molecule has 0 spiro atoms. The lowest BCUT2D eigenvalue weighted by Crippen LogP contribution is -2.53. The van der Waals surface area contributed by atoms with E-state index in [0.29, 0.717) is 11.5 Å². The summed E-state index contributed by atoms with van der Waals surface area (Å²) in [5.41, 5.74) is 6.30. The monoisotopic (exact) mass is 278 g/mol. The van der Waals surface area contributed by atoms with Crippen molar-refractivity contribution in [2.24, 2.45) is 17.1 Å². The quantitative estimate of drug-likeness (QED) is 0.813. The van der Waals surface area contributed by atoms with Gasteiger partial charge in [-0.2, -0.15) is 0 Å². The highest BCUT2D eigenvalue weighted by Gasteiger charge is 2.50. The van der Waals surface area contributed by atoms with Crippen molar-refractivity contribution in [1.82, 2.24) is 5.32 Å². The number of rotatable bonds is 5. The SMILES string of the molecule is CCC1CCC1(CC)C(=O)NC(N)c1cccc(F)c1. The second-order valence-corrected chi connectivity index (χ2v) is 5.66. The van der Waals surface area contributed by atoms with Crippen LogP contribution in [0.1, 0.15) is 51.3 Å². The highest BCUT2D eigenvalue weighted by molar-refractivity contribution is 5.84. The van der Waals surface area contributed by atoms with Gasteiger partial charge in [0, 0.05) is 0 Å². The molecule has 3 unspecified atom stereocenters. The molecule has 1 fully saturated rings. The molecule has 0 aromatic heterocycles. The van der Waals surface area contributed by atoms with Crippen LogP contribution in [0, 0.1) is 17.2 Å². The van der Waals surface area contributed by atoms with Crippen molar-refractivity contribution in [3.8, 4) is 0 Å². The van der Waals surface area contributed by atoms with Crippen molar-refractivity contribution < 1.29 is 9.18 Å². The van der Waals surface area contributed by atoms with Gasteiger partial charge in [0.15, 0.2) is 0 Å². The Bertz CT molecular complexity index is 485. The number of benzene rings is 1. The maximum atomic E-state index is 13.2. The van der Waals surface area contributed by atoms with Crippen molar-refractivity contribution in [2.75, 3.05) is 0 Å². The Morgan fingerprint density at radius 1 is 1.55 bits per heavy atom. The third-order valence-corrected chi connectivity index (χ3v) is 4.79. The molecule has 1 amide bonds. The van der Waals surface area contributed by atoms with E-state index in [1.807, 2.05) is 0 Å². The van der Waals surface area contributed by atoms with E-state index < -0.39 is 6.17 Å². The average Bonchev–Trinajstić information content (AvgIpc) is 2.39. The normalized spacial score (nSPS) is 26.7. The van der Waals surface area contributed by atoms with Crippen LogP contribution >= 0.6 is 0 Å². The number of hydrogen-bond acceptors (Lipinski definition) is 2. The molecule has 1 aliphatic rings. The largest absolute Gasteiger partial charge is 0.336 e. The molecule has 0 aliphatic heterocycles. The first-order valence-corrected chi connectivity index (χ1v) is 7.35. The van der Waals surface area contributed by atoms with Crippen molar-refractivity contribution in [2.45, 2.75) is 45.7 Å². The zero-order valence-electron chi connectivity index (χ0n) is 12.2. The van der Waals surface area contributed by atoms with Gasteiger partial charge < -0.3 is 11.1 Å². The molecular weight excluding hydrogens is 255 g/mol. The summed E-state index contributed by atoms with van der Waals surface area (Å²) < 4.78 is 13.2. The van der Waals surface area contributed by atoms with Crippen molar-refractivity contribution in [1.29, 1.82) is 0 Å². The second kappa shape index (κ2) is 5.92. The fourth-order valence-corrected chi connectivity index (χ4v) is 3.29. The van der Waals surface area contributed by atoms with Gasteiger partial charge in [-0.05, 0) is 42.9 Å². The molecule has 1 saturated carbocycles. The molecule has 0 radical (unpaired) electrons. The molecule has 0 saturated heterocycles. The third-order valence-electron chi connectivity index (χ3n) is 4.79. The lowest BCUT2D eigenvalue weighted by atomic mass is 9.57. The van der Waals surface area contributed by atoms with Crippen LogP contribution in [-0.2, 0) is 4.79 Å². The van der Waals surface area contributed by atoms with Crippen molar-refractivity contribution >= 4 is 5.91 Å². The van der Waals surface area contributed by atoms with Crippen molar-refractivity contribution in [3.63, 3.8) is 0 Å². The first kappa shape index (κ1) is 15.0. The van der Waals surface area contributed by atoms with Crippen LogP contribution in [0.25, 0.3) is 0 Å². The number of nitrogens with two attached hydrogens (primary N) is 1. The summed E-state index contributed by atoms with van der Waals surface area (Å²) in [6.45, 7) is 4.17. The van der Waals surface area contributed by atoms with Crippen LogP contribution in [-0.4, -0.2) is 5.91 Å². The van der Waals surface area contributed by atoms with Gasteiger partial charge in [-0.15, -0.1) is 0 Å². The molecule has 1 aromatic rings. The van der Waals surface area contributed by atoms with Crippen LogP contribution in [0.3, 0.4) is 0 Å². The fraction of sp³-hybridized carbons (Fsp3) is 0.562. The molecule has 20 heavy (non-hydrogen) atoms. The molecular formula is C16H23FN2O. The highest BCUT2D eigenvalue weighted by atomic mass is 19.1. The average molecular weight is 278 g/mol. The minimum Gasteiger partial charge on any atom is -0.336 e. The maximum absolute atomic E-state index is 13.2. The molecule has 1 aromatic carbocycles. The smallest absolute Gasteiger partial charge is 0.227 e. The standard InChI is InChI=1S/C16H23FN2O/c1-3-12-8-9-16(12,4-2)15(20)19-14(18)11-6-5-7-13(17)10-11/h5-7,10,12,14H,3-4,8-9,18H2,1-2H3,(H,19,20). The molecule has 0 heterocycles. The summed E-state index contributed by atoms with van der Waals surface area (Å²) in [6, 6.07) is 6.06. The molecule has 0 bridgehead atoms. The van der Waals surface area contributed by atoms with Crippen LogP contribution < -0.4 is 11.1 Å². The number of amides is 1. The topological polar surface area (TPSA) is 55.1 Å². The summed E-state index contributed by atoms with van der Waals surface area (Å²) in [6.07, 6.45) is 3.21. The van der Waals surface area contributed by atoms with Gasteiger partial charge in [0.1, 0.15) is 12.0 Å². The second-order valence-electron chi connectivity index (χ2n) is 5.66. The Labute approximate surface area is 119 Å². The summed E-state index contributed by atoms with van der Waals surface area (Å²) in [4.78, 5) is 12.5. The first-order valence-electron chi connectivity index (χ1n) is 7.35. The molecule has 2 rings (SSSR count). The molecule has 3 nitrogen and oxygen atoms in total. The number of carbonyl (C=O) groups excluding carboxylic acids is 1. The van der Waals surface area contributed by atoms with Crippen LogP contribution in [0.4, 0.5) is 4.39 Å². The summed E-state index contributed by atoms with van der Waals surface area (Å²) >= 11 is 0. The van der Waals surface area contributed by atoms with E-state index in [1.54, 1.807) is 12.1 Å². The first-order chi connectivity index (χ1) is 9.53. The molecule has 1 aliphatic carbocycles. The van der Waals surface area contributed by atoms with E-state index in [2.05, 4.69) is 19.2 Å². The predicted octanol–water partition coefficient (Wildman–Crippen LogP) is 3.12. The van der Waals surface area contributed by atoms with Gasteiger partial charge in [-0.25, -0.2) is 4.39 Å². The van der Waals surface area contributed by atoms with E-state index in [9.17, 15) is 9.18 Å². The van der Waals surface area contributed by atoms with Gasteiger partial charge in [0.05, 0.1) is 5.41 Å². The van der Waals surface area contributed by atoms with E-state index in [4.69, 9.17) is 5.73 Å². The number of hydrogen-bond donors (Lipinski definition) is 2. The molecule has 110 valence electrons. The lowest BCUT2D eigenvalue weighted by Gasteiger charge is -2.48. The maximum Gasteiger partial charge on any atom is 0.227 e. The third kappa shape index (κ3) is 2.57. The van der Waals surface area contributed by atoms with Gasteiger partial charge in [0.2, 0.25) is 5.91 Å². The minimum absolute atomic E-state index is 0.00913. The Hall–Kier alpha value is -1.42. The molecule has 3 N–H and O–H groups in total. The van der Waals surface area contributed by atoms with Gasteiger partial charge in [-0.3, -0.25) is 4.79 Å².